The lowest BCUT2D eigenvalue weighted by molar-refractivity contribution is 0.254. The maximum atomic E-state index is 13.2. The van der Waals surface area contributed by atoms with Gasteiger partial charge in [0.1, 0.15) is 10.8 Å². The van der Waals surface area contributed by atoms with Crippen LogP contribution in [0.5, 0.6) is 0 Å². The Balaban J connectivity index is 2.80. The molecule has 0 aromatic heterocycles. The van der Waals surface area contributed by atoms with E-state index in [0.29, 0.717) is 5.56 Å². The number of benzene rings is 1. The Bertz CT molecular complexity index is 458. The third-order valence-corrected chi connectivity index (χ3v) is 2.97. The van der Waals surface area contributed by atoms with Crippen molar-refractivity contribution in [1.82, 2.24) is 4.90 Å². The van der Waals surface area contributed by atoms with Crippen molar-refractivity contribution in [2.24, 2.45) is 11.1 Å². The smallest absolute Gasteiger partial charge is 0.124 e. The fourth-order valence-electron chi connectivity index (χ4n) is 2.12. The Kier molecular flexibility index (Phi) is 5.26. The average molecular weight is 283 g/mol. The Hall–Kier alpha value is -1.20. The first-order chi connectivity index (χ1) is 8.71. The highest BCUT2D eigenvalue weighted by Crippen LogP contribution is 2.21. The Morgan fingerprint density at radius 3 is 2.58 bits per heavy atom. The van der Waals surface area contributed by atoms with Gasteiger partial charge in [0.25, 0.3) is 0 Å². The maximum absolute atomic E-state index is 13.2. The fourth-order valence-corrected chi connectivity index (χ4v) is 2.29. The van der Waals surface area contributed by atoms with Gasteiger partial charge in [-0.15, -0.1) is 0 Å². The van der Waals surface area contributed by atoms with Crippen LogP contribution in [0.3, 0.4) is 0 Å². The fraction of sp³-hybridized carbons (Fsp3) is 0.500. The number of rotatable bonds is 6. The predicted octanol–water partition coefficient (Wildman–Crippen LogP) is 2.46. The highest BCUT2D eigenvalue weighted by atomic mass is 32.1. The molecule has 0 amide bonds. The zero-order valence-electron chi connectivity index (χ0n) is 12.0. The molecular formula is C14H22FN3S. The SMILES string of the molecule is CN(C)CC(C)(C)CNc1ccc(F)cc1C(N)=S. The summed E-state index contributed by atoms with van der Waals surface area (Å²) in [5.74, 6) is -0.332. The second kappa shape index (κ2) is 6.30. The number of halogens is 1. The van der Waals surface area contributed by atoms with E-state index in [1.165, 1.54) is 12.1 Å². The van der Waals surface area contributed by atoms with Gasteiger partial charge in [0.15, 0.2) is 0 Å². The molecule has 5 heteroatoms. The van der Waals surface area contributed by atoms with Crippen molar-refractivity contribution in [3.05, 3.63) is 29.6 Å². The molecular weight excluding hydrogens is 261 g/mol. The molecule has 3 nitrogen and oxygen atoms in total. The lowest BCUT2D eigenvalue weighted by Crippen LogP contribution is -2.34. The first-order valence-corrected chi connectivity index (χ1v) is 6.60. The number of nitrogens with two attached hydrogens (primary N) is 1. The highest BCUT2D eigenvalue weighted by molar-refractivity contribution is 7.80. The number of hydrogen-bond acceptors (Lipinski definition) is 3. The molecule has 0 aliphatic heterocycles. The van der Waals surface area contributed by atoms with Crippen molar-refractivity contribution in [3.63, 3.8) is 0 Å². The van der Waals surface area contributed by atoms with Crippen LogP contribution in [0.4, 0.5) is 10.1 Å². The van der Waals surface area contributed by atoms with Crippen LogP contribution in [-0.4, -0.2) is 37.1 Å². The predicted molar refractivity (Wildman–Crippen MR) is 83.1 cm³/mol. The molecule has 0 aliphatic rings. The van der Waals surface area contributed by atoms with Crippen molar-refractivity contribution in [2.75, 3.05) is 32.5 Å². The molecule has 0 heterocycles. The second-order valence-corrected chi connectivity index (χ2v) is 6.25. The number of nitrogens with zero attached hydrogens (tertiary/aromatic N) is 1. The highest BCUT2D eigenvalue weighted by Gasteiger charge is 2.19. The first kappa shape index (κ1) is 15.9. The zero-order valence-corrected chi connectivity index (χ0v) is 12.8. The zero-order chi connectivity index (χ0) is 14.6. The van der Waals surface area contributed by atoms with Gasteiger partial charge in [-0.05, 0) is 37.7 Å². The summed E-state index contributed by atoms with van der Waals surface area (Å²) in [7, 11) is 4.08. The van der Waals surface area contributed by atoms with Gasteiger partial charge in [-0.25, -0.2) is 4.39 Å². The standard InChI is InChI=1S/C14H22FN3S/c1-14(2,9-18(3)4)8-17-12-6-5-10(15)7-11(12)13(16)19/h5-7,17H,8-9H2,1-4H3,(H2,16,19). The minimum Gasteiger partial charge on any atom is -0.389 e. The molecule has 1 aromatic rings. The Morgan fingerprint density at radius 2 is 2.05 bits per heavy atom. The third kappa shape index (κ3) is 5.12. The minimum atomic E-state index is -0.332. The van der Waals surface area contributed by atoms with Crippen LogP contribution in [0.25, 0.3) is 0 Å². The van der Waals surface area contributed by atoms with E-state index in [4.69, 9.17) is 18.0 Å². The summed E-state index contributed by atoms with van der Waals surface area (Å²) >= 11 is 4.95. The molecule has 0 spiro atoms. The first-order valence-electron chi connectivity index (χ1n) is 6.19. The Labute approximate surface area is 120 Å². The van der Waals surface area contributed by atoms with Crippen LogP contribution in [0, 0.1) is 11.2 Å². The van der Waals surface area contributed by atoms with E-state index in [1.54, 1.807) is 6.07 Å². The summed E-state index contributed by atoms with van der Waals surface area (Å²) in [6, 6.07) is 4.45. The van der Waals surface area contributed by atoms with Gasteiger partial charge in [0.2, 0.25) is 0 Å². The van der Waals surface area contributed by atoms with Crippen LogP contribution in [-0.2, 0) is 0 Å². The summed E-state index contributed by atoms with van der Waals surface area (Å²) < 4.78 is 13.2. The molecule has 0 bridgehead atoms. The molecule has 0 unspecified atom stereocenters. The molecule has 106 valence electrons. The van der Waals surface area contributed by atoms with Crippen LogP contribution in [0.1, 0.15) is 19.4 Å². The molecule has 0 atom stereocenters. The second-order valence-electron chi connectivity index (χ2n) is 5.81. The normalized spacial score (nSPS) is 11.7. The van der Waals surface area contributed by atoms with Crippen molar-refractivity contribution < 1.29 is 4.39 Å². The van der Waals surface area contributed by atoms with E-state index < -0.39 is 0 Å². The molecule has 3 N–H and O–H groups in total. The van der Waals surface area contributed by atoms with Crippen molar-refractivity contribution in [3.8, 4) is 0 Å². The van der Waals surface area contributed by atoms with Gasteiger partial charge in [-0.3, -0.25) is 0 Å². The van der Waals surface area contributed by atoms with Crippen molar-refractivity contribution in [2.45, 2.75) is 13.8 Å². The average Bonchev–Trinajstić information content (AvgIpc) is 2.25. The van der Waals surface area contributed by atoms with Gasteiger partial charge in [0, 0.05) is 24.3 Å². The molecule has 1 rings (SSSR count). The quantitative estimate of drug-likeness (QED) is 0.787. The van der Waals surface area contributed by atoms with E-state index in [9.17, 15) is 4.39 Å². The van der Waals surface area contributed by atoms with Gasteiger partial charge in [-0.1, -0.05) is 26.1 Å². The summed E-state index contributed by atoms with van der Waals surface area (Å²) in [6.07, 6.45) is 0. The van der Waals surface area contributed by atoms with E-state index in [1.807, 2.05) is 14.1 Å². The van der Waals surface area contributed by atoms with Crippen LogP contribution in [0.2, 0.25) is 0 Å². The van der Waals surface area contributed by atoms with E-state index in [0.717, 1.165) is 18.8 Å². The monoisotopic (exact) mass is 283 g/mol. The Morgan fingerprint density at radius 1 is 1.42 bits per heavy atom. The van der Waals surface area contributed by atoms with Gasteiger partial charge in [-0.2, -0.15) is 0 Å². The van der Waals surface area contributed by atoms with E-state index >= 15 is 0 Å². The molecule has 19 heavy (non-hydrogen) atoms. The number of nitrogens with one attached hydrogen (secondary N) is 1. The molecule has 0 saturated heterocycles. The summed E-state index contributed by atoms with van der Waals surface area (Å²) in [5.41, 5.74) is 7.04. The molecule has 0 fully saturated rings. The van der Waals surface area contributed by atoms with Gasteiger partial charge >= 0.3 is 0 Å². The maximum Gasteiger partial charge on any atom is 0.124 e. The number of hydrogen-bond donors (Lipinski definition) is 2. The summed E-state index contributed by atoms with van der Waals surface area (Å²) in [5, 5.41) is 3.31. The largest absolute Gasteiger partial charge is 0.389 e. The lowest BCUT2D eigenvalue weighted by Gasteiger charge is -2.29. The summed E-state index contributed by atoms with van der Waals surface area (Å²) in [6.45, 7) is 6.05. The number of anilines is 1. The van der Waals surface area contributed by atoms with Crippen molar-refractivity contribution >= 4 is 22.9 Å². The van der Waals surface area contributed by atoms with E-state index in [-0.39, 0.29) is 16.2 Å². The molecule has 0 radical (unpaired) electrons. The van der Waals surface area contributed by atoms with E-state index in [2.05, 4.69) is 24.1 Å². The topological polar surface area (TPSA) is 41.3 Å². The van der Waals surface area contributed by atoms with Crippen LogP contribution < -0.4 is 11.1 Å². The minimum absolute atomic E-state index is 0.0887. The molecule has 0 aliphatic carbocycles. The lowest BCUT2D eigenvalue weighted by atomic mass is 9.92. The molecule has 1 aromatic carbocycles. The van der Waals surface area contributed by atoms with Crippen LogP contribution >= 0.6 is 12.2 Å². The summed E-state index contributed by atoms with van der Waals surface area (Å²) in [4.78, 5) is 2.34. The van der Waals surface area contributed by atoms with Crippen LogP contribution in [0.15, 0.2) is 18.2 Å². The number of thiocarbonyl (C=S) groups is 1. The van der Waals surface area contributed by atoms with Crippen molar-refractivity contribution in [1.29, 1.82) is 0 Å². The molecule has 0 saturated carbocycles. The van der Waals surface area contributed by atoms with Gasteiger partial charge < -0.3 is 16.0 Å². The third-order valence-electron chi connectivity index (χ3n) is 2.75. The van der Waals surface area contributed by atoms with Gasteiger partial charge in [0.05, 0.1) is 0 Å².